The van der Waals surface area contributed by atoms with Gasteiger partial charge in [-0.05, 0) is 48.6 Å². The molecular weight excluding hydrogens is 415 g/mol. The molecule has 0 bridgehead atoms. The minimum atomic E-state index is -0.595. The average Bonchev–Trinajstić information content (AvgIpc) is 2.66. The third-order valence-corrected chi connectivity index (χ3v) is 6.13. The van der Waals surface area contributed by atoms with Gasteiger partial charge in [0.15, 0.2) is 5.78 Å². The summed E-state index contributed by atoms with van der Waals surface area (Å²) in [6.07, 6.45) is 1.09. The smallest absolute Gasteiger partial charge is 0.254 e. The van der Waals surface area contributed by atoms with E-state index in [0.29, 0.717) is 46.0 Å². The van der Waals surface area contributed by atoms with Gasteiger partial charge >= 0.3 is 0 Å². The molecular formula is C25H24ClFN2O2. The van der Waals surface area contributed by atoms with Crippen LogP contribution < -0.4 is 10.6 Å². The molecule has 1 heterocycles. The first kappa shape index (κ1) is 21.3. The second-order valence-corrected chi connectivity index (χ2v) is 9.32. The number of ketones is 1. The fourth-order valence-electron chi connectivity index (χ4n) is 4.52. The van der Waals surface area contributed by atoms with Gasteiger partial charge in [-0.15, -0.1) is 0 Å². The number of hydrogen-bond donors (Lipinski definition) is 2. The molecule has 4 rings (SSSR count). The highest BCUT2D eigenvalue weighted by Crippen LogP contribution is 2.47. The number of anilines is 1. The normalized spacial score (nSPS) is 20.3. The molecule has 0 fully saturated rings. The van der Waals surface area contributed by atoms with E-state index in [-0.39, 0.29) is 11.2 Å². The molecule has 1 aliphatic heterocycles. The first-order chi connectivity index (χ1) is 14.7. The summed E-state index contributed by atoms with van der Waals surface area (Å²) < 4.78 is 13.6. The summed E-state index contributed by atoms with van der Waals surface area (Å²) in [7, 11) is 0. The summed E-state index contributed by atoms with van der Waals surface area (Å²) >= 11 is 6.53. The Morgan fingerprint density at radius 3 is 2.61 bits per heavy atom. The van der Waals surface area contributed by atoms with Crippen LogP contribution >= 0.6 is 11.6 Å². The first-order valence-electron chi connectivity index (χ1n) is 10.2. The number of benzene rings is 2. The van der Waals surface area contributed by atoms with E-state index in [2.05, 4.69) is 24.5 Å². The van der Waals surface area contributed by atoms with Gasteiger partial charge in [0.25, 0.3) is 5.91 Å². The Morgan fingerprint density at radius 2 is 1.90 bits per heavy atom. The summed E-state index contributed by atoms with van der Waals surface area (Å²) in [5.41, 5.74) is 3.37. The van der Waals surface area contributed by atoms with Crippen LogP contribution in [0.15, 0.2) is 71.1 Å². The maximum atomic E-state index is 13.6. The number of amides is 1. The third kappa shape index (κ3) is 4.15. The van der Waals surface area contributed by atoms with Crippen LogP contribution in [0.3, 0.4) is 0 Å². The first-order valence-corrected chi connectivity index (χ1v) is 10.6. The molecule has 0 spiro atoms. The lowest BCUT2D eigenvalue weighted by Gasteiger charge is -2.39. The lowest BCUT2D eigenvalue weighted by Crippen LogP contribution is -2.39. The molecule has 1 amide bonds. The second kappa shape index (κ2) is 7.97. The quantitative estimate of drug-likeness (QED) is 0.644. The fraction of sp³-hybridized carbons (Fsp3) is 0.280. The predicted molar refractivity (Wildman–Crippen MR) is 120 cm³/mol. The number of hydrogen-bond acceptors (Lipinski definition) is 3. The van der Waals surface area contributed by atoms with Gasteiger partial charge in [0, 0.05) is 45.6 Å². The highest BCUT2D eigenvalue weighted by atomic mass is 35.5. The SMILES string of the molecule is CC1=C(C(=O)Nc2cccc(F)c2)[C@H](c2ccccc2Cl)C2=C(CC(C)(C)CC2=O)N1. The van der Waals surface area contributed by atoms with E-state index < -0.39 is 17.6 Å². The van der Waals surface area contributed by atoms with Gasteiger partial charge in [-0.3, -0.25) is 9.59 Å². The Labute approximate surface area is 186 Å². The van der Waals surface area contributed by atoms with E-state index in [1.165, 1.54) is 18.2 Å². The van der Waals surface area contributed by atoms with Crippen LogP contribution in [-0.4, -0.2) is 11.7 Å². The van der Waals surface area contributed by atoms with Crippen molar-refractivity contribution in [1.82, 2.24) is 5.32 Å². The molecule has 0 unspecified atom stereocenters. The fourth-order valence-corrected chi connectivity index (χ4v) is 4.77. The Kier molecular flexibility index (Phi) is 5.48. The van der Waals surface area contributed by atoms with Crippen LogP contribution in [0.25, 0.3) is 0 Å². The zero-order valence-electron chi connectivity index (χ0n) is 17.7. The second-order valence-electron chi connectivity index (χ2n) is 8.92. The van der Waals surface area contributed by atoms with Crippen molar-refractivity contribution in [3.63, 3.8) is 0 Å². The van der Waals surface area contributed by atoms with Gasteiger partial charge in [-0.2, -0.15) is 0 Å². The highest BCUT2D eigenvalue weighted by molar-refractivity contribution is 6.31. The Bertz CT molecular complexity index is 1150. The third-order valence-electron chi connectivity index (χ3n) is 5.78. The molecule has 0 saturated carbocycles. The molecule has 0 saturated heterocycles. The molecule has 2 aliphatic rings. The maximum Gasteiger partial charge on any atom is 0.254 e. The van der Waals surface area contributed by atoms with Gasteiger partial charge in [0.2, 0.25) is 0 Å². The van der Waals surface area contributed by atoms with Gasteiger partial charge < -0.3 is 10.6 Å². The summed E-state index contributed by atoms with van der Waals surface area (Å²) in [5, 5.41) is 6.58. The van der Waals surface area contributed by atoms with E-state index in [4.69, 9.17) is 11.6 Å². The lowest BCUT2D eigenvalue weighted by molar-refractivity contribution is -0.118. The van der Waals surface area contributed by atoms with Crippen LogP contribution in [-0.2, 0) is 9.59 Å². The number of carbonyl (C=O) groups is 2. The molecule has 31 heavy (non-hydrogen) atoms. The van der Waals surface area contributed by atoms with Crippen molar-refractivity contribution in [1.29, 1.82) is 0 Å². The van der Waals surface area contributed by atoms with E-state index >= 15 is 0 Å². The van der Waals surface area contributed by atoms with Crippen molar-refractivity contribution >= 4 is 29.0 Å². The molecule has 2 aromatic carbocycles. The van der Waals surface area contributed by atoms with Crippen LogP contribution in [0.4, 0.5) is 10.1 Å². The molecule has 1 aliphatic carbocycles. The van der Waals surface area contributed by atoms with Crippen molar-refractivity contribution in [3.8, 4) is 0 Å². The van der Waals surface area contributed by atoms with E-state index in [1.54, 1.807) is 12.1 Å². The summed E-state index contributed by atoms with van der Waals surface area (Å²) in [6, 6.07) is 13.0. The number of nitrogens with one attached hydrogen (secondary N) is 2. The number of halogens is 2. The Hall–Kier alpha value is -2.92. The van der Waals surface area contributed by atoms with E-state index in [9.17, 15) is 14.0 Å². The van der Waals surface area contributed by atoms with Crippen LogP contribution in [0.1, 0.15) is 45.1 Å². The number of carbonyl (C=O) groups excluding carboxylic acids is 2. The molecule has 4 nitrogen and oxygen atoms in total. The van der Waals surface area contributed by atoms with Gasteiger partial charge in [-0.25, -0.2) is 4.39 Å². The van der Waals surface area contributed by atoms with Gasteiger partial charge in [0.05, 0.1) is 0 Å². The van der Waals surface area contributed by atoms with Gasteiger partial charge in [0.1, 0.15) is 5.82 Å². The van der Waals surface area contributed by atoms with Crippen LogP contribution in [0.5, 0.6) is 0 Å². The molecule has 2 aromatic rings. The number of allylic oxidation sites excluding steroid dienone is 3. The van der Waals surface area contributed by atoms with E-state index in [1.807, 2.05) is 25.1 Å². The summed E-state index contributed by atoms with van der Waals surface area (Å²) in [6.45, 7) is 5.94. The largest absolute Gasteiger partial charge is 0.362 e. The molecule has 6 heteroatoms. The van der Waals surface area contributed by atoms with Crippen molar-refractivity contribution in [2.45, 2.75) is 39.5 Å². The molecule has 0 aromatic heterocycles. The van der Waals surface area contributed by atoms with Crippen molar-refractivity contribution in [2.75, 3.05) is 5.32 Å². The van der Waals surface area contributed by atoms with Crippen molar-refractivity contribution < 1.29 is 14.0 Å². The lowest BCUT2D eigenvalue weighted by atomic mass is 9.68. The Balaban J connectivity index is 1.83. The van der Waals surface area contributed by atoms with E-state index in [0.717, 1.165) is 5.70 Å². The number of dihydropyridines is 1. The molecule has 0 radical (unpaired) electrons. The molecule has 1 atom stereocenters. The van der Waals surface area contributed by atoms with Crippen LogP contribution in [0.2, 0.25) is 5.02 Å². The van der Waals surface area contributed by atoms with Crippen molar-refractivity contribution in [2.24, 2.45) is 5.41 Å². The zero-order chi connectivity index (χ0) is 22.3. The summed E-state index contributed by atoms with van der Waals surface area (Å²) in [5.74, 6) is -1.43. The predicted octanol–water partition coefficient (Wildman–Crippen LogP) is 5.72. The van der Waals surface area contributed by atoms with Gasteiger partial charge in [-0.1, -0.05) is 49.7 Å². The average molecular weight is 439 g/mol. The van der Waals surface area contributed by atoms with Crippen molar-refractivity contribution in [3.05, 3.63) is 87.5 Å². The number of rotatable bonds is 3. The Morgan fingerprint density at radius 1 is 1.16 bits per heavy atom. The minimum absolute atomic E-state index is 0.00669. The maximum absolute atomic E-state index is 13.6. The highest BCUT2D eigenvalue weighted by Gasteiger charge is 2.43. The topological polar surface area (TPSA) is 58.2 Å². The zero-order valence-corrected chi connectivity index (χ0v) is 18.4. The standard InChI is InChI=1S/C25H24ClFN2O2/c1-14-21(24(31)29-16-8-6-7-15(27)11-16)22(17-9-4-5-10-18(17)26)23-19(28-14)12-25(2,3)13-20(23)30/h4-11,22,28H,12-13H2,1-3H3,(H,29,31)/t22-/m0/s1. The van der Waals surface area contributed by atoms with Crippen LogP contribution in [0, 0.1) is 11.2 Å². The minimum Gasteiger partial charge on any atom is -0.362 e. The molecule has 160 valence electrons. The molecule has 2 N–H and O–H groups in total. The summed E-state index contributed by atoms with van der Waals surface area (Å²) in [4.78, 5) is 26.7. The monoisotopic (exact) mass is 438 g/mol. The number of Topliss-reactive ketones (excluding diaryl/α,β-unsaturated/α-hetero) is 1.